The first-order valence-electron chi connectivity index (χ1n) is 6.54. The second-order valence-electron chi connectivity index (χ2n) is 4.76. The molecule has 0 amide bonds. The number of thioether (sulfide) groups is 3. The van der Waals surface area contributed by atoms with Crippen LogP contribution in [-0.4, -0.2) is 33.5 Å². The maximum atomic E-state index is 2.32. The van der Waals surface area contributed by atoms with E-state index in [0.29, 0.717) is 0 Å². The minimum absolute atomic E-state index is 0.906. The van der Waals surface area contributed by atoms with Gasteiger partial charge in [-0.25, -0.2) is 0 Å². The Labute approximate surface area is 136 Å². The van der Waals surface area contributed by atoms with Crippen LogP contribution in [0, 0.1) is 0 Å². The van der Waals surface area contributed by atoms with Crippen LogP contribution in [0.5, 0.6) is 0 Å². The third kappa shape index (κ3) is 5.03. The number of benzene rings is 1. The highest BCUT2D eigenvalue weighted by atomic mass is 33.1. The molecule has 2 heterocycles. The summed E-state index contributed by atoms with van der Waals surface area (Å²) < 4.78 is 0. The Hall–Kier alpha value is 0.970. The van der Waals surface area contributed by atoms with Crippen molar-refractivity contribution in [1.82, 2.24) is 0 Å². The van der Waals surface area contributed by atoms with Gasteiger partial charge in [0.1, 0.15) is 0 Å². The molecule has 0 aromatic heterocycles. The lowest BCUT2D eigenvalue weighted by Gasteiger charge is -2.23. The predicted molar refractivity (Wildman–Crippen MR) is 98.8 cm³/mol. The highest BCUT2D eigenvalue weighted by molar-refractivity contribution is 8.79. The van der Waals surface area contributed by atoms with Gasteiger partial charge in [0.25, 0.3) is 0 Å². The molecule has 2 atom stereocenters. The molecule has 2 unspecified atom stereocenters. The molecule has 1 aromatic carbocycles. The normalized spacial score (nSPS) is 25.1. The van der Waals surface area contributed by atoms with Crippen molar-refractivity contribution in [2.75, 3.05) is 23.0 Å². The Kier molecular flexibility index (Phi) is 6.14. The fourth-order valence-electron chi connectivity index (χ4n) is 1.84. The second kappa shape index (κ2) is 7.83. The van der Waals surface area contributed by atoms with Crippen molar-refractivity contribution in [1.29, 1.82) is 0 Å². The van der Waals surface area contributed by atoms with Crippen LogP contribution >= 0.6 is 56.9 Å². The van der Waals surface area contributed by atoms with Gasteiger partial charge in [-0.3, -0.25) is 0 Å². The molecule has 2 aliphatic rings. The molecular formula is C14H18S5. The predicted octanol–water partition coefficient (Wildman–Crippen LogP) is 5.03. The van der Waals surface area contributed by atoms with E-state index in [0.717, 1.165) is 10.5 Å². The SMILES string of the molecule is c1ccc(CSCC2CSS2)c(CSCC2CS2)c1. The summed E-state index contributed by atoms with van der Waals surface area (Å²) in [6.07, 6.45) is 0. The third-order valence-corrected chi connectivity index (χ3v) is 9.93. The largest absolute Gasteiger partial charge is 0.156 e. The van der Waals surface area contributed by atoms with E-state index in [2.05, 4.69) is 70.3 Å². The van der Waals surface area contributed by atoms with Gasteiger partial charge in [-0.1, -0.05) is 45.9 Å². The van der Waals surface area contributed by atoms with Crippen LogP contribution in [0.25, 0.3) is 0 Å². The summed E-state index contributed by atoms with van der Waals surface area (Å²) in [7, 11) is 4.07. The summed E-state index contributed by atoms with van der Waals surface area (Å²) in [4.78, 5) is 0. The van der Waals surface area contributed by atoms with Crippen LogP contribution in [0.3, 0.4) is 0 Å². The van der Waals surface area contributed by atoms with Crippen molar-refractivity contribution >= 4 is 56.9 Å². The first-order valence-corrected chi connectivity index (χ1v) is 12.3. The minimum atomic E-state index is 0.906. The average Bonchev–Trinajstić information content (AvgIpc) is 3.18. The average molecular weight is 347 g/mol. The van der Waals surface area contributed by atoms with Crippen LogP contribution in [0.1, 0.15) is 11.1 Å². The van der Waals surface area contributed by atoms with Crippen LogP contribution in [0.2, 0.25) is 0 Å². The van der Waals surface area contributed by atoms with E-state index >= 15 is 0 Å². The summed E-state index contributed by atoms with van der Waals surface area (Å²) in [5.41, 5.74) is 3.11. The summed E-state index contributed by atoms with van der Waals surface area (Å²) in [5, 5.41) is 1.86. The Morgan fingerprint density at radius 3 is 2.00 bits per heavy atom. The molecule has 104 valence electrons. The molecular weight excluding hydrogens is 328 g/mol. The molecule has 0 nitrogen and oxygen atoms in total. The number of hydrogen-bond acceptors (Lipinski definition) is 5. The van der Waals surface area contributed by atoms with Gasteiger partial charge >= 0.3 is 0 Å². The highest BCUT2D eigenvalue weighted by Crippen LogP contribution is 2.42. The summed E-state index contributed by atoms with van der Waals surface area (Å²) in [6.45, 7) is 0. The first kappa shape index (κ1) is 14.9. The summed E-state index contributed by atoms with van der Waals surface area (Å²) >= 11 is 6.32. The quantitative estimate of drug-likeness (QED) is 0.477. The molecule has 0 saturated carbocycles. The van der Waals surface area contributed by atoms with Crippen molar-refractivity contribution in [3.8, 4) is 0 Å². The van der Waals surface area contributed by atoms with Crippen molar-refractivity contribution in [3.05, 3.63) is 35.4 Å². The zero-order valence-electron chi connectivity index (χ0n) is 10.7. The van der Waals surface area contributed by atoms with Gasteiger partial charge in [0.15, 0.2) is 0 Å². The van der Waals surface area contributed by atoms with Crippen LogP contribution in [0.15, 0.2) is 24.3 Å². The summed E-state index contributed by atoms with van der Waals surface area (Å²) in [5.74, 6) is 7.79. The fraction of sp³-hybridized carbons (Fsp3) is 0.571. The smallest absolute Gasteiger partial charge is 0.0341 e. The van der Waals surface area contributed by atoms with E-state index in [1.165, 1.54) is 34.5 Å². The molecule has 0 bridgehead atoms. The van der Waals surface area contributed by atoms with Gasteiger partial charge < -0.3 is 0 Å². The maximum Gasteiger partial charge on any atom is 0.0341 e. The third-order valence-electron chi connectivity index (χ3n) is 3.10. The van der Waals surface area contributed by atoms with Gasteiger partial charge in [-0.2, -0.15) is 35.3 Å². The van der Waals surface area contributed by atoms with Crippen LogP contribution in [-0.2, 0) is 11.5 Å². The summed E-state index contributed by atoms with van der Waals surface area (Å²) in [6, 6.07) is 9.01. The Morgan fingerprint density at radius 2 is 1.53 bits per heavy atom. The van der Waals surface area contributed by atoms with E-state index in [1.54, 1.807) is 11.1 Å². The highest BCUT2D eigenvalue weighted by Gasteiger charge is 2.22. The molecule has 0 N–H and O–H groups in total. The molecule has 5 heteroatoms. The van der Waals surface area contributed by atoms with Gasteiger partial charge in [0.2, 0.25) is 0 Å². The van der Waals surface area contributed by atoms with E-state index < -0.39 is 0 Å². The van der Waals surface area contributed by atoms with E-state index in [-0.39, 0.29) is 0 Å². The molecule has 2 saturated heterocycles. The zero-order valence-corrected chi connectivity index (χ0v) is 14.8. The molecule has 1 aromatic rings. The Bertz CT molecular complexity index is 401. The first-order chi connectivity index (χ1) is 9.42. The van der Waals surface area contributed by atoms with Crippen LogP contribution < -0.4 is 0 Å². The monoisotopic (exact) mass is 346 g/mol. The van der Waals surface area contributed by atoms with Gasteiger partial charge in [0.05, 0.1) is 0 Å². The zero-order chi connectivity index (χ0) is 12.9. The molecule has 2 aliphatic heterocycles. The minimum Gasteiger partial charge on any atom is -0.156 e. The molecule has 19 heavy (non-hydrogen) atoms. The van der Waals surface area contributed by atoms with E-state index in [1.807, 2.05) is 10.8 Å². The van der Waals surface area contributed by atoms with Crippen molar-refractivity contribution in [2.24, 2.45) is 0 Å². The second-order valence-corrected chi connectivity index (χ2v) is 10.9. The van der Waals surface area contributed by atoms with Gasteiger partial charge in [0, 0.05) is 45.0 Å². The van der Waals surface area contributed by atoms with Gasteiger partial charge in [-0.05, 0) is 11.1 Å². The Balaban J connectivity index is 1.44. The molecule has 0 aliphatic carbocycles. The van der Waals surface area contributed by atoms with E-state index in [9.17, 15) is 0 Å². The van der Waals surface area contributed by atoms with Crippen molar-refractivity contribution in [3.63, 3.8) is 0 Å². The standard InChI is InChI=1S/C14H18S5/c1-2-4-12(6-16-8-14-10-18-19-14)11(3-1)5-15-7-13-9-17-13/h1-4,13-14H,5-10H2. The molecule has 0 spiro atoms. The van der Waals surface area contributed by atoms with E-state index in [4.69, 9.17) is 0 Å². The van der Waals surface area contributed by atoms with Crippen LogP contribution in [0.4, 0.5) is 0 Å². The van der Waals surface area contributed by atoms with Crippen molar-refractivity contribution in [2.45, 2.75) is 22.0 Å². The lowest BCUT2D eigenvalue weighted by Crippen LogP contribution is -2.15. The van der Waals surface area contributed by atoms with Crippen molar-refractivity contribution < 1.29 is 0 Å². The maximum absolute atomic E-state index is 2.32. The topological polar surface area (TPSA) is 0 Å². The number of rotatable bonds is 8. The Morgan fingerprint density at radius 1 is 0.947 bits per heavy atom. The lowest BCUT2D eigenvalue weighted by atomic mass is 10.1. The van der Waals surface area contributed by atoms with Gasteiger partial charge in [-0.15, -0.1) is 0 Å². The fourth-order valence-corrected chi connectivity index (χ4v) is 7.51. The molecule has 0 radical (unpaired) electrons. The molecule has 2 fully saturated rings. The molecule has 3 rings (SSSR count). The number of hydrogen-bond donors (Lipinski definition) is 0. The lowest BCUT2D eigenvalue weighted by molar-refractivity contribution is 1.14.